The highest BCUT2D eigenvalue weighted by atomic mass is 32.2. The Morgan fingerprint density at radius 2 is 1.91 bits per heavy atom. The number of para-hydroxylation sites is 1. The maximum atomic E-state index is 13.4. The van der Waals surface area contributed by atoms with Crippen LogP contribution < -0.4 is 5.32 Å². The topological polar surface area (TPSA) is 95.8 Å². The molecule has 9 heteroatoms. The molecule has 4 rings (SSSR count). The van der Waals surface area contributed by atoms with Crippen LogP contribution in [0.2, 0.25) is 0 Å². The molecule has 1 unspecified atom stereocenters. The fourth-order valence-corrected chi connectivity index (χ4v) is 6.31. The van der Waals surface area contributed by atoms with Crippen molar-refractivity contribution >= 4 is 29.3 Å². The van der Waals surface area contributed by atoms with Crippen molar-refractivity contribution in [3.05, 3.63) is 39.9 Å². The fourth-order valence-electron chi connectivity index (χ4n) is 5.84. The van der Waals surface area contributed by atoms with Crippen molar-refractivity contribution in [2.24, 2.45) is 5.92 Å². The van der Waals surface area contributed by atoms with Gasteiger partial charge in [-0.05, 0) is 30.8 Å². The summed E-state index contributed by atoms with van der Waals surface area (Å²) < 4.78 is 0. The molecule has 1 aromatic carbocycles. The third kappa shape index (κ3) is 5.40. The molecule has 1 spiro atoms. The Kier molecular flexibility index (Phi) is 8.14. The zero-order valence-electron chi connectivity index (χ0n) is 20.0. The van der Waals surface area contributed by atoms with Gasteiger partial charge in [0, 0.05) is 44.0 Å². The Balaban J connectivity index is 1.46. The number of hydrogen-bond acceptors (Lipinski definition) is 6. The van der Waals surface area contributed by atoms with Crippen molar-refractivity contribution in [2.75, 3.05) is 25.1 Å². The SMILES string of the molecule is CSCCC1NC2(CCN(C(=O)CCC3CCCC3)CC2)N(Cc2ccccc2[N+](=O)[O-])C1=O. The highest BCUT2D eigenvalue weighted by Crippen LogP contribution is 2.36. The molecule has 3 aliphatic rings. The largest absolute Gasteiger partial charge is 0.342 e. The second kappa shape index (κ2) is 11.1. The van der Waals surface area contributed by atoms with Gasteiger partial charge in [-0.3, -0.25) is 25.0 Å². The number of rotatable bonds is 9. The van der Waals surface area contributed by atoms with Gasteiger partial charge in [-0.2, -0.15) is 11.8 Å². The molecule has 2 heterocycles. The van der Waals surface area contributed by atoms with E-state index in [0.717, 1.165) is 18.6 Å². The molecule has 2 amide bonds. The van der Waals surface area contributed by atoms with E-state index in [9.17, 15) is 19.7 Å². The number of benzene rings is 1. The van der Waals surface area contributed by atoms with Gasteiger partial charge in [0.15, 0.2) is 0 Å². The van der Waals surface area contributed by atoms with E-state index in [2.05, 4.69) is 5.32 Å². The van der Waals surface area contributed by atoms with Crippen LogP contribution in [0.5, 0.6) is 0 Å². The van der Waals surface area contributed by atoms with Crippen LogP contribution in [0, 0.1) is 16.0 Å². The summed E-state index contributed by atoms with van der Waals surface area (Å²) in [5, 5.41) is 15.2. The average molecular weight is 489 g/mol. The summed E-state index contributed by atoms with van der Waals surface area (Å²) in [5.74, 6) is 1.79. The smallest absolute Gasteiger partial charge is 0.274 e. The molecule has 1 aromatic rings. The van der Waals surface area contributed by atoms with Gasteiger partial charge in [0.25, 0.3) is 5.69 Å². The number of amides is 2. The zero-order valence-corrected chi connectivity index (χ0v) is 20.9. The molecule has 0 bridgehead atoms. The van der Waals surface area contributed by atoms with Crippen LogP contribution in [-0.4, -0.2) is 63.3 Å². The number of nitro groups is 1. The molecule has 2 saturated heterocycles. The van der Waals surface area contributed by atoms with E-state index in [4.69, 9.17) is 0 Å². The van der Waals surface area contributed by atoms with Crippen molar-refractivity contribution in [1.29, 1.82) is 0 Å². The van der Waals surface area contributed by atoms with Crippen LogP contribution in [-0.2, 0) is 16.1 Å². The van der Waals surface area contributed by atoms with E-state index >= 15 is 0 Å². The van der Waals surface area contributed by atoms with E-state index in [1.807, 2.05) is 16.1 Å². The molecule has 2 aliphatic heterocycles. The monoisotopic (exact) mass is 488 g/mol. The Labute approximate surface area is 206 Å². The normalized spacial score (nSPS) is 22.6. The lowest BCUT2D eigenvalue weighted by Crippen LogP contribution is -2.59. The molecule has 1 saturated carbocycles. The second-order valence-electron chi connectivity index (χ2n) is 9.89. The highest BCUT2D eigenvalue weighted by Gasteiger charge is 2.51. The Bertz CT molecular complexity index is 897. The van der Waals surface area contributed by atoms with Crippen molar-refractivity contribution in [3.63, 3.8) is 0 Å². The molecular weight excluding hydrogens is 452 g/mol. The predicted molar refractivity (Wildman–Crippen MR) is 133 cm³/mol. The molecule has 0 aromatic heterocycles. The summed E-state index contributed by atoms with van der Waals surface area (Å²) in [5.41, 5.74) is 0.0201. The lowest BCUT2D eigenvalue weighted by molar-refractivity contribution is -0.385. The van der Waals surface area contributed by atoms with E-state index in [1.54, 1.807) is 30.0 Å². The van der Waals surface area contributed by atoms with Crippen molar-refractivity contribution < 1.29 is 14.5 Å². The molecular formula is C25H36N4O4S. The van der Waals surface area contributed by atoms with Gasteiger partial charge < -0.3 is 9.80 Å². The van der Waals surface area contributed by atoms with Gasteiger partial charge in [-0.15, -0.1) is 0 Å². The van der Waals surface area contributed by atoms with Gasteiger partial charge in [-0.25, -0.2) is 0 Å². The zero-order chi connectivity index (χ0) is 24.1. The first-order chi connectivity index (χ1) is 16.4. The maximum Gasteiger partial charge on any atom is 0.274 e. The standard InChI is InChI=1S/C25H36N4O4S/c1-34-17-12-21-24(31)28(18-20-8-4-5-9-22(20)29(32)33)25(26-21)13-15-27(16-14-25)23(30)11-10-19-6-2-3-7-19/h4-5,8-9,19,21,26H,2-3,6-7,10-18H2,1H3. The Morgan fingerprint density at radius 3 is 2.59 bits per heavy atom. The van der Waals surface area contributed by atoms with Gasteiger partial charge in [0.1, 0.15) is 0 Å². The lowest BCUT2D eigenvalue weighted by atomic mass is 9.94. The number of nitro benzene ring substituents is 1. The van der Waals surface area contributed by atoms with Crippen LogP contribution in [0.25, 0.3) is 0 Å². The summed E-state index contributed by atoms with van der Waals surface area (Å²) in [6, 6.07) is 6.36. The summed E-state index contributed by atoms with van der Waals surface area (Å²) in [7, 11) is 0. The third-order valence-electron chi connectivity index (χ3n) is 7.84. The minimum absolute atomic E-state index is 0.00760. The lowest BCUT2D eigenvalue weighted by Gasteiger charge is -2.44. The van der Waals surface area contributed by atoms with Crippen molar-refractivity contribution in [2.45, 2.75) is 76.0 Å². The number of nitrogens with zero attached hydrogens (tertiary/aromatic N) is 3. The molecule has 1 aliphatic carbocycles. The first kappa shape index (κ1) is 25.0. The van der Waals surface area contributed by atoms with E-state index in [0.29, 0.717) is 43.8 Å². The molecule has 34 heavy (non-hydrogen) atoms. The highest BCUT2D eigenvalue weighted by molar-refractivity contribution is 7.98. The molecule has 1 atom stereocenters. The molecule has 1 N–H and O–H groups in total. The number of thioether (sulfide) groups is 1. The van der Waals surface area contributed by atoms with Crippen LogP contribution in [0.4, 0.5) is 5.69 Å². The van der Waals surface area contributed by atoms with Crippen LogP contribution in [0.15, 0.2) is 24.3 Å². The quantitative estimate of drug-likeness (QED) is 0.418. The van der Waals surface area contributed by atoms with Crippen LogP contribution in [0.1, 0.15) is 63.4 Å². The number of likely N-dealkylation sites (tertiary alicyclic amines) is 1. The second-order valence-corrected chi connectivity index (χ2v) is 10.9. The van der Waals surface area contributed by atoms with Gasteiger partial charge >= 0.3 is 0 Å². The molecule has 0 radical (unpaired) electrons. The third-order valence-corrected chi connectivity index (χ3v) is 8.48. The van der Waals surface area contributed by atoms with E-state index in [1.165, 1.54) is 31.7 Å². The minimum atomic E-state index is -0.563. The first-order valence-corrected chi connectivity index (χ1v) is 13.9. The van der Waals surface area contributed by atoms with Gasteiger partial charge in [0.05, 0.1) is 23.2 Å². The minimum Gasteiger partial charge on any atom is -0.342 e. The Morgan fingerprint density at radius 1 is 1.21 bits per heavy atom. The van der Waals surface area contributed by atoms with Crippen molar-refractivity contribution in [1.82, 2.24) is 15.1 Å². The number of carbonyl (C=O) groups is 2. The molecule has 3 fully saturated rings. The Hall–Kier alpha value is -2.13. The molecule has 186 valence electrons. The number of piperidine rings is 1. The summed E-state index contributed by atoms with van der Waals surface area (Å²) in [6.45, 7) is 1.41. The van der Waals surface area contributed by atoms with Crippen molar-refractivity contribution in [3.8, 4) is 0 Å². The number of nitrogens with one attached hydrogen (secondary N) is 1. The summed E-state index contributed by atoms with van der Waals surface area (Å²) >= 11 is 1.70. The summed E-state index contributed by atoms with van der Waals surface area (Å²) in [4.78, 5) is 41.3. The van der Waals surface area contributed by atoms with Gasteiger partial charge in [-0.1, -0.05) is 43.9 Å². The predicted octanol–water partition coefficient (Wildman–Crippen LogP) is 3.94. The first-order valence-electron chi connectivity index (χ1n) is 12.5. The maximum absolute atomic E-state index is 13.4. The molecule has 8 nitrogen and oxygen atoms in total. The number of hydrogen-bond donors (Lipinski definition) is 1. The van der Waals surface area contributed by atoms with Gasteiger partial charge in [0.2, 0.25) is 11.8 Å². The summed E-state index contributed by atoms with van der Waals surface area (Å²) in [6.07, 6.45) is 10.7. The average Bonchev–Trinajstić information content (AvgIpc) is 3.45. The van der Waals surface area contributed by atoms with E-state index < -0.39 is 5.66 Å². The van der Waals surface area contributed by atoms with Crippen LogP contribution >= 0.6 is 11.8 Å². The van der Waals surface area contributed by atoms with Crippen LogP contribution in [0.3, 0.4) is 0 Å². The number of carbonyl (C=O) groups excluding carboxylic acids is 2. The van der Waals surface area contributed by atoms with E-state index in [-0.39, 0.29) is 35.0 Å². The fraction of sp³-hybridized carbons (Fsp3) is 0.680.